The second-order valence-electron chi connectivity index (χ2n) is 10.3. The van der Waals surface area contributed by atoms with Crippen LogP contribution in [-0.4, -0.2) is 50.6 Å². The van der Waals surface area contributed by atoms with Gasteiger partial charge in [0, 0.05) is 17.8 Å². The molecule has 8 nitrogen and oxygen atoms in total. The average Bonchev–Trinajstić information content (AvgIpc) is 2.90. The zero-order chi connectivity index (χ0) is 24.9. The molecule has 1 aliphatic carbocycles. The molecule has 1 saturated heterocycles. The Kier molecular flexibility index (Phi) is 7.43. The molecule has 33 heavy (non-hydrogen) atoms. The van der Waals surface area contributed by atoms with Crippen LogP contribution in [0.25, 0.3) is 0 Å². The van der Waals surface area contributed by atoms with Crippen LogP contribution < -0.4 is 11.2 Å². The summed E-state index contributed by atoms with van der Waals surface area (Å²) in [6, 6.07) is -0.180. The second kappa shape index (κ2) is 9.35. The van der Waals surface area contributed by atoms with Crippen LogP contribution in [0.3, 0.4) is 0 Å². The molecule has 3 atom stereocenters. The maximum Gasteiger partial charge on any atom is 0.335 e. The Bertz CT molecular complexity index is 1000. The van der Waals surface area contributed by atoms with Crippen molar-refractivity contribution in [2.24, 2.45) is 0 Å². The van der Waals surface area contributed by atoms with Crippen LogP contribution in [0.1, 0.15) is 61.4 Å². The van der Waals surface area contributed by atoms with Crippen LogP contribution in [0.2, 0.25) is 22.2 Å². The monoisotopic (exact) mass is 500 g/mol. The number of H-pyrrole nitrogens is 1. The fourth-order valence-corrected chi connectivity index (χ4v) is 16.3. The Morgan fingerprint density at radius 1 is 1.03 bits per heavy atom. The predicted molar refractivity (Wildman–Crippen MR) is 128 cm³/mol. The van der Waals surface area contributed by atoms with Gasteiger partial charge in [-0.25, -0.2) is 9.18 Å². The van der Waals surface area contributed by atoms with E-state index in [-0.39, 0.29) is 34.3 Å². The maximum atomic E-state index is 15.9. The first-order valence-electron chi connectivity index (χ1n) is 11.7. The minimum absolute atomic E-state index is 0.00920. The molecule has 11 heteroatoms. The standard InChI is InChI=1S/C22H37FN2O6Si2/c1-12(2)32(13(3)4)29-11-16-18(23)19(25-10-9-17(26)24-22(25)28)20(27)21(16)30-33(31-32,14(5)6)15(7)8/h9-10,12-15,19-21,27H,11H2,1-8H3,(H,24,26,28)/t19-,20+,21-/m1/s1. The van der Waals surface area contributed by atoms with E-state index in [9.17, 15) is 14.7 Å². The van der Waals surface area contributed by atoms with Gasteiger partial charge < -0.3 is 18.1 Å². The first kappa shape index (κ1) is 26.2. The van der Waals surface area contributed by atoms with Gasteiger partial charge in [-0.15, -0.1) is 0 Å². The van der Waals surface area contributed by atoms with Crippen molar-refractivity contribution in [2.45, 2.75) is 95.8 Å². The third-order valence-electron chi connectivity index (χ3n) is 7.00. The smallest absolute Gasteiger partial charge is 0.335 e. The summed E-state index contributed by atoms with van der Waals surface area (Å²) in [5.41, 5.74) is -0.969. The van der Waals surface area contributed by atoms with Crippen molar-refractivity contribution < 1.29 is 22.5 Å². The fraction of sp³-hybridized carbons (Fsp3) is 0.727. The third kappa shape index (κ3) is 4.27. The van der Waals surface area contributed by atoms with Crippen molar-refractivity contribution in [1.29, 1.82) is 0 Å². The molecule has 0 unspecified atom stereocenters. The van der Waals surface area contributed by atoms with Crippen molar-refractivity contribution >= 4 is 17.1 Å². The molecule has 1 fully saturated rings. The van der Waals surface area contributed by atoms with Crippen molar-refractivity contribution in [3.63, 3.8) is 0 Å². The van der Waals surface area contributed by atoms with Gasteiger partial charge in [0.25, 0.3) is 5.56 Å². The minimum atomic E-state index is -3.06. The number of rotatable bonds is 5. The molecule has 0 radical (unpaired) electrons. The van der Waals surface area contributed by atoms with Crippen LogP contribution in [0, 0.1) is 0 Å². The number of halogens is 1. The second-order valence-corrected chi connectivity index (χ2v) is 19.2. The van der Waals surface area contributed by atoms with Gasteiger partial charge in [0.05, 0.1) is 6.61 Å². The van der Waals surface area contributed by atoms with Gasteiger partial charge >= 0.3 is 22.8 Å². The summed E-state index contributed by atoms with van der Waals surface area (Å²) in [4.78, 5) is 26.0. The highest BCUT2D eigenvalue weighted by Gasteiger charge is 2.61. The van der Waals surface area contributed by atoms with Crippen LogP contribution >= 0.6 is 0 Å². The van der Waals surface area contributed by atoms with E-state index < -0.39 is 52.4 Å². The summed E-state index contributed by atoms with van der Waals surface area (Å²) >= 11 is 0. The topological polar surface area (TPSA) is 103 Å². The van der Waals surface area contributed by atoms with Gasteiger partial charge in [-0.2, -0.15) is 0 Å². The number of nitrogens with zero attached hydrogens (tertiary/aromatic N) is 1. The van der Waals surface area contributed by atoms with Gasteiger partial charge in [0.1, 0.15) is 24.1 Å². The number of hydrogen-bond acceptors (Lipinski definition) is 6. The van der Waals surface area contributed by atoms with Crippen molar-refractivity contribution in [3.8, 4) is 0 Å². The minimum Gasteiger partial charge on any atom is -0.414 e. The normalized spacial score (nSPS) is 27.4. The molecule has 0 aromatic carbocycles. The van der Waals surface area contributed by atoms with Crippen LogP contribution in [0.5, 0.6) is 0 Å². The number of aromatic nitrogens is 2. The third-order valence-corrected chi connectivity index (χ3v) is 17.2. The molecule has 186 valence electrons. The van der Waals surface area contributed by atoms with Gasteiger partial charge in [-0.05, 0) is 22.2 Å². The van der Waals surface area contributed by atoms with E-state index in [1.807, 2.05) is 27.7 Å². The molecule has 3 rings (SSSR count). The number of nitrogens with one attached hydrogen (secondary N) is 1. The molecule has 2 heterocycles. The van der Waals surface area contributed by atoms with Crippen molar-refractivity contribution in [3.05, 3.63) is 44.5 Å². The quantitative estimate of drug-likeness (QED) is 0.599. The Balaban J connectivity index is 2.20. The molecule has 0 bridgehead atoms. The highest BCUT2D eigenvalue weighted by atomic mass is 28.5. The van der Waals surface area contributed by atoms with Crippen LogP contribution in [-0.2, 0) is 13.0 Å². The van der Waals surface area contributed by atoms with Gasteiger partial charge in [-0.1, -0.05) is 55.4 Å². The highest BCUT2D eigenvalue weighted by molar-refractivity contribution is 6.84. The number of aliphatic hydroxyl groups excluding tert-OH is 1. The molecule has 1 aromatic heterocycles. The Morgan fingerprint density at radius 3 is 2.06 bits per heavy atom. The predicted octanol–water partition coefficient (Wildman–Crippen LogP) is 3.63. The van der Waals surface area contributed by atoms with E-state index in [1.165, 1.54) is 6.20 Å². The summed E-state index contributed by atoms with van der Waals surface area (Å²) in [6.45, 7) is 16.4. The summed E-state index contributed by atoms with van der Waals surface area (Å²) in [7, 11) is -5.93. The van der Waals surface area contributed by atoms with E-state index in [4.69, 9.17) is 13.0 Å². The number of hydrogen-bond donors (Lipinski definition) is 2. The van der Waals surface area contributed by atoms with E-state index in [1.54, 1.807) is 0 Å². The Labute approximate surface area is 196 Å². The van der Waals surface area contributed by atoms with Crippen molar-refractivity contribution in [1.82, 2.24) is 9.55 Å². The molecule has 2 N–H and O–H groups in total. The summed E-state index contributed by atoms with van der Waals surface area (Å²) in [5.74, 6) is -0.658. The molecule has 0 saturated carbocycles. The molecule has 1 aliphatic heterocycles. The SMILES string of the molecule is CC(C)[Si]1(C(C)C)OCC2=C(F)[C@@H](n3ccc(=O)[nH]c3=O)[C@H](O)[C@@H]2O[Si](C(C)C)(C(C)C)O1. The number of aromatic amines is 1. The summed E-state index contributed by atoms with van der Waals surface area (Å²) in [6.07, 6.45) is -1.17. The molecule has 1 aromatic rings. The van der Waals surface area contributed by atoms with E-state index in [0.717, 1.165) is 10.6 Å². The van der Waals surface area contributed by atoms with Gasteiger partial charge in [0.15, 0.2) is 0 Å². The van der Waals surface area contributed by atoms with E-state index in [0.29, 0.717) is 0 Å². The van der Waals surface area contributed by atoms with E-state index in [2.05, 4.69) is 32.7 Å². The lowest BCUT2D eigenvalue weighted by atomic mass is 10.1. The lowest BCUT2D eigenvalue weighted by Gasteiger charge is -2.51. The fourth-order valence-electron chi connectivity index (χ4n) is 5.17. The lowest BCUT2D eigenvalue weighted by molar-refractivity contribution is 0.00844. The molecule has 0 spiro atoms. The lowest BCUT2D eigenvalue weighted by Crippen LogP contribution is -2.64. The maximum absolute atomic E-state index is 15.9. The number of fused-ring (bicyclic) bond motifs is 1. The van der Waals surface area contributed by atoms with Gasteiger partial charge in [0.2, 0.25) is 0 Å². The van der Waals surface area contributed by atoms with Gasteiger partial charge in [-0.3, -0.25) is 14.3 Å². The van der Waals surface area contributed by atoms with Crippen LogP contribution in [0.15, 0.2) is 33.3 Å². The Morgan fingerprint density at radius 2 is 1.58 bits per heavy atom. The molecule has 0 amide bonds. The molecular weight excluding hydrogens is 463 g/mol. The van der Waals surface area contributed by atoms with Crippen molar-refractivity contribution in [2.75, 3.05) is 6.61 Å². The zero-order valence-electron chi connectivity index (χ0n) is 20.7. The first-order chi connectivity index (χ1) is 15.3. The summed E-state index contributed by atoms with van der Waals surface area (Å²) in [5, 5.41) is 11.2. The Hall–Kier alpha value is -1.38. The van der Waals surface area contributed by atoms with E-state index >= 15 is 4.39 Å². The first-order valence-corrected chi connectivity index (χ1v) is 15.6. The molecule has 2 aliphatic rings. The molecular formula is C22H37FN2O6Si2. The largest absolute Gasteiger partial charge is 0.414 e. The zero-order valence-corrected chi connectivity index (χ0v) is 22.7. The summed E-state index contributed by atoms with van der Waals surface area (Å²) < 4.78 is 37.2. The average molecular weight is 501 g/mol. The highest BCUT2D eigenvalue weighted by Crippen LogP contribution is 2.49. The number of aliphatic hydroxyl groups is 1. The van der Waals surface area contributed by atoms with Crippen LogP contribution in [0.4, 0.5) is 4.39 Å².